The molecule has 4 N–H and O–H groups in total. The SMILES string of the molecule is Nc1nc(NC(=O)CCCC(=O)O)ccc1N=Nc1cccnc1. The summed E-state index contributed by atoms with van der Waals surface area (Å²) >= 11 is 0. The summed E-state index contributed by atoms with van der Waals surface area (Å²) in [4.78, 5) is 30.0. The Hall–Kier alpha value is -3.36. The van der Waals surface area contributed by atoms with E-state index in [0.29, 0.717) is 11.4 Å². The first-order chi connectivity index (χ1) is 11.5. The van der Waals surface area contributed by atoms with Crippen molar-refractivity contribution in [3.05, 3.63) is 36.7 Å². The second kappa shape index (κ2) is 8.32. The Balaban J connectivity index is 1.95. The molecule has 2 rings (SSSR count). The summed E-state index contributed by atoms with van der Waals surface area (Å²) in [5.41, 5.74) is 6.73. The molecule has 1 amide bonds. The van der Waals surface area contributed by atoms with Crippen LogP contribution in [0.3, 0.4) is 0 Å². The average molecular weight is 328 g/mol. The van der Waals surface area contributed by atoms with Crippen molar-refractivity contribution in [2.24, 2.45) is 10.2 Å². The van der Waals surface area contributed by atoms with Gasteiger partial charge in [-0.1, -0.05) is 0 Å². The lowest BCUT2D eigenvalue weighted by Gasteiger charge is -2.05. The van der Waals surface area contributed by atoms with Crippen molar-refractivity contribution >= 4 is 34.9 Å². The Morgan fingerprint density at radius 2 is 2.04 bits per heavy atom. The molecule has 0 atom stereocenters. The van der Waals surface area contributed by atoms with E-state index in [2.05, 4.69) is 25.5 Å². The van der Waals surface area contributed by atoms with Gasteiger partial charge in [0, 0.05) is 19.0 Å². The molecular formula is C15H16N6O3. The Morgan fingerprint density at radius 3 is 2.71 bits per heavy atom. The number of amides is 1. The lowest BCUT2D eigenvalue weighted by Crippen LogP contribution is -2.13. The highest BCUT2D eigenvalue weighted by atomic mass is 16.4. The number of carbonyl (C=O) groups is 2. The van der Waals surface area contributed by atoms with E-state index in [4.69, 9.17) is 10.8 Å². The molecule has 2 aromatic rings. The van der Waals surface area contributed by atoms with E-state index in [1.165, 1.54) is 0 Å². The van der Waals surface area contributed by atoms with Crippen LogP contribution in [0.2, 0.25) is 0 Å². The van der Waals surface area contributed by atoms with Gasteiger partial charge in [0.05, 0.1) is 6.20 Å². The van der Waals surface area contributed by atoms with Gasteiger partial charge in [0.25, 0.3) is 0 Å². The molecule has 0 bridgehead atoms. The molecule has 0 saturated carbocycles. The van der Waals surface area contributed by atoms with Crippen molar-refractivity contribution in [3.8, 4) is 0 Å². The summed E-state index contributed by atoms with van der Waals surface area (Å²) in [5, 5.41) is 19.1. The summed E-state index contributed by atoms with van der Waals surface area (Å²) in [5.74, 6) is -0.875. The monoisotopic (exact) mass is 328 g/mol. The van der Waals surface area contributed by atoms with Crippen molar-refractivity contribution in [1.29, 1.82) is 0 Å². The van der Waals surface area contributed by atoms with Crippen LogP contribution in [-0.4, -0.2) is 27.0 Å². The first kappa shape index (κ1) is 17.0. The van der Waals surface area contributed by atoms with E-state index in [0.717, 1.165) is 0 Å². The lowest BCUT2D eigenvalue weighted by molar-refractivity contribution is -0.137. The smallest absolute Gasteiger partial charge is 0.303 e. The van der Waals surface area contributed by atoms with Crippen LogP contribution in [-0.2, 0) is 9.59 Å². The molecule has 0 aromatic carbocycles. The molecule has 0 spiro atoms. The molecule has 0 aliphatic rings. The van der Waals surface area contributed by atoms with Crippen molar-refractivity contribution in [1.82, 2.24) is 9.97 Å². The third kappa shape index (κ3) is 5.44. The van der Waals surface area contributed by atoms with Crippen molar-refractivity contribution in [2.45, 2.75) is 19.3 Å². The minimum absolute atomic E-state index is 0.0589. The zero-order valence-electron chi connectivity index (χ0n) is 12.7. The maximum atomic E-state index is 11.7. The normalized spacial score (nSPS) is 10.7. The van der Waals surface area contributed by atoms with Crippen LogP contribution in [0.5, 0.6) is 0 Å². The number of hydrogen-bond acceptors (Lipinski definition) is 7. The molecule has 0 saturated heterocycles. The molecule has 124 valence electrons. The molecule has 9 nitrogen and oxygen atoms in total. The average Bonchev–Trinajstić information content (AvgIpc) is 2.54. The molecule has 2 aromatic heterocycles. The van der Waals surface area contributed by atoms with Crippen LogP contribution in [0.4, 0.5) is 23.0 Å². The number of nitrogen functional groups attached to an aromatic ring is 1. The maximum Gasteiger partial charge on any atom is 0.303 e. The number of nitrogens with zero attached hydrogens (tertiary/aromatic N) is 4. The topological polar surface area (TPSA) is 143 Å². The number of carbonyl (C=O) groups excluding carboxylic acids is 1. The summed E-state index contributed by atoms with van der Waals surface area (Å²) in [6, 6.07) is 6.60. The molecule has 0 unspecified atom stereocenters. The van der Waals surface area contributed by atoms with Crippen LogP contribution in [0.1, 0.15) is 19.3 Å². The highest BCUT2D eigenvalue weighted by molar-refractivity contribution is 5.90. The van der Waals surface area contributed by atoms with Crippen LogP contribution in [0.15, 0.2) is 46.9 Å². The number of hydrogen-bond donors (Lipinski definition) is 3. The lowest BCUT2D eigenvalue weighted by atomic mass is 10.2. The summed E-state index contributed by atoms with van der Waals surface area (Å²) in [7, 11) is 0. The second-order valence-corrected chi connectivity index (χ2v) is 4.81. The van der Waals surface area contributed by atoms with Gasteiger partial charge < -0.3 is 16.2 Å². The zero-order chi connectivity index (χ0) is 17.4. The second-order valence-electron chi connectivity index (χ2n) is 4.81. The van der Waals surface area contributed by atoms with Crippen molar-refractivity contribution in [3.63, 3.8) is 0 Å². The van der Waals surface area contributed by atoms with Crippen LogP contribution >= 0.6 is 0 Å². The Labute approximate surface area is 137 Å². The third-order valence-corrected chi connectivity index (χ3v) is 2.88. The summed E-state index contributed by atoms with van der Waals surface area (Å²) in [6.07, 6.45) is 3.47. The number of aliphatic carboxylic acids is 1. The molecule has 0 aliphatic carbocycles. The van der Waals surface area contributed by atoms with Gasteiger partial charge in [-0.15, -0.1) is 10.2 Å². The van der Waals surface area contributed by atoms with E-state index in [9.17, 15) is 9.59 Å². The molecule has 9 heteroatoms. The van der Waals surface area contributed by atoms with Gasteiger partial charge in [-0.2, -0.15) is 0 Å². The number of azo groups is 1. The van der Waals surface area contributed by atoms with E-state index in [-0.39, 0.29) is 36.8 Å². The fourth-order valence-electron chi connectivity index (χ4n) is 1.75. The molecule has 0 aliphatic heterocycles. The predicted molar refractivity (Wildman–Crippen MR) is 87.2 cm³/mol. The Morgan fingerprint density at radius 1 is 1.21 bits per heavy atom. The number of pyridine rings is 2. The maximum absolute atomic E-state index is 11.7. The number of aromatic nitrogens is 2. The molecular weight excluding hydrogens is 312 g/mol. The van der Waals surface area contributed by atoms with Gasteiger partial charge in [-0.3, -0.25) is 14.6 Å². The minimum atomic E-state index is -0.937. The third-order valence-electron chi connectivity index (χ3n) is 2.88. The molecule has 24 heavy (non-hydrogen) atoms. The van der Waals surface area contributed by atoms with Crippen molar-refractivity contribution in [2.75, 3.05) is 11.1 Å². The highest BCUT2D eigenvalue weighted by Crippen LogP contribution is 2.24. The van der Waals surface area contributed by atoms with Gasteiger partial charge in [0.2, 0.25) is 5.91 Å². The fourth-order valence-corrected chi connectivity index (χ4v) is 1.75. The van der Waals surface area contributed by atoms with E-state index < -0.39 is 5.97 Å². The van der Waals surface area contributed by atoms with E-state index in [1.54, 1.807) is 36.7 Å². The predicted octanol–water partition coefficient (Wildman–Crippen LogP) is 2.67. The largest absolute Gasteiger partial charge is 0.481 e. The summed E-state index contributed by atoms with van der Waals surface area (Å²) < 4.78 is 0. The molecule has 0 radical (unpaired) electrons. The number of carboxylic acid groups (broad SMARTS) is 1. The summed E-state index contributed by atoms with van der Waals surface area (Å²) in [6.45, 7) is 0. The Bertz CT molecular complexity index is 748. The van der Waals surface area contributed by atoms with E-state index >= 15 is 0 Å². The quantitative estimate of drug-likeness (QED) is 0.667. The Kier molecular flexibility index (Phi) is 5.89. The zero-order valence-corrected chi connectivity index (χ0v) is 12.7. The number of nitrogens with two attached hydrogens (primary N) is 1. The highest BCUT2D eigenvalue weighted by Gasteiger charge is 2.07. The van der Waals surface area contributed by atoms with Gasteiger partial charge >= 0.3 is 5.97 Å². The first-order valence-corrected chi connectivity index (χ1v) is 7.14. The van der Waals surface area contributed by atoms with Crippen LogP contribution in [0.25, 0.3) is 0 Å². The molecule has 2 heterocycles. The fraction of sp³-hybridized carbons (Fsp3) is 0.200. The van der Waals surface area contributed by atoms with Gasteiger partial charge in [-0.25, -0.2) is 4.98 Å². The van der Waals surface area contributed by atoms with Gasteiger partial charge in [0.15, 0.2) is 5.82 Å². The van der Waals surface area contributed by atoms with Gasteiger partial charge in [-0.05, 0) is 30.7 Å². The van der Waals surface area contributed by atoms with Gasteiger partial charge in [0.1, 0.15) is 17.2 Å². The number of rotatable bonds is 7. The first-order valence-electron chi connectivity index (χ1n) is 7.14. The minimum Gasteiger partial charge on any atom is -0.481 e. The van der Waals surface area contributed by atoms with Crippen LogP contribution in [0, 0.1) is 0 Å². The number of carboxylic acids is 1. The van der Waals surface area contributed by atoms with Crippen molar-refractivity contribution < 1.29 is 14.7 Å². The standard InChI is InChI=1S/C15H16N6O3/c16-15-11(21-20-10-3-2-8-17-9-10)6-7-12(19-15)18-13(22)4-1-5-14(23)24/h2-3,6-9H,1,4-5H2,(H,23,24)(H3,16,18,19,22). The number of nitrogens with one attached hydrogen (secondary N) is 1. The van der Waals surface area contributed by atoms with Crippen LogP contribution < -0.4 is 11.1 Å². The van der Waals surface area contributed by atoms with E-state index in [1.807, 2.05) is 0 Å². The number of anilines is 2. The molecule has 0 fully saturated rings.